The Bertz CT molecular complexity index is 662. The number of benzene rings is 1. The fourth-order valence-corrected chi connectivity index (χ4v) is 3.33. The minimum atomic E-state index is -5.55. The van der Waals surface area contributed by atoms with Crippen molar-refractivity contribution in [3.05, 3.63) is 28.8 Å². The van der Waals surface area contributed by atoms with Crippen LogP contribution in [-0.4, -0.2) is 31.4 Å². The second-order valence-electron chi connectivity index (χ2n) is 4.42. The predicted octanol–water partition coefficient (Wildman–Crippen LogP) is 1.64. The van der Waals surface area contributed by atoms with Crippen molar-refractivity contribution in [1.82, 2.24) is 0 Å². The number of sulfone groups is 1. The highest BCUT2D eigenvalue weighted by molar-refractivity contribution is 7.92. The molecule has 1 aliphatic carbocycles. The van der Waals surface area contributed by atoms with E-state index in [9.17, 15) is 26.4 Å². The molecule has 1 aromatic rings. The lowest BCUT2D eigenvalue weighted by atomic mass is 10.0. The largest absolute Gasteiger partial charge is 0.501 e. The van der Waals surface area contributed by atoms with Crippen LogP contribution in [0.4, 0.5) is 13.2 Å². The van der Waals surface area contributed by atoms with Crippen molar-refractivity contribution in [1.29, 1.82) is 0 Å². The molecule has 8 heteroatoms. The highest BCUT2D eigenvalue weighted by atomic mass is 32.2. The number of halogens is 3. The van der Waals surface area contributed by atoms with Crippen molar-refractivity contribution in [3.8, 4) is 0 Å². The Labute approximate surface area is 113 Å². The summed E-state index contributed by atoms with van der Waals surface area (Å²) < 4.78 is 60.9. The van der Waals surface area contributed by atoms with Gasteiger partial charge in [-0.15, -0.1) is 0 Å². The molecular weight excluding hydrogens is 297 g/mol. The van der Waals surface area contributed by atoms with E-state index in [2.05, 4.69) is 0 Å². The van der Waals surface area contributed by atoms with Gasteiger partial charge in [-0.3, -0.25) is 4.79 Å². The van der Waals surface area contributed by atoms with Crippen LogP contribution in [0.25, 0.3) is 0 Å². The van der Waals surface area contributed by atoms with E-state index in [1.54, 1.807) is 0 Å². The molecule has 0 heterocycles. The maximum Gasteiger partial charge on any atom is 0.501 e. The summed E-state index contributed by atoms with van der Waals surface area (Å²) in [6, 6.07) is 2.03. The van der Waals surface area contributed by atoms with Gasteiger partial charge in [0.15, 0.2) is 5.78 Å². The molecule has 0 aromatic heterocycles. The number of rotatable bonds is 3. The molecule has 0 aliphatic heterocycles. The minimum absolute atomic E-state index is 0.0157. The Morgan fingerprint density at radius 2 is 1.85 bits per heavy atom. The van der Waals surface area contributed by atoms with Crippen LogP contribution in [0, 0.1) is 0 Å². The van der Waals surface area contributed by atoms with Gasteiger partial charge in [-0.1, -0.05) is 6.07 Å². The fourth-order valence-electron chi connectivity index (χ4n) is 2.33. The topological polar surface area (TPSA) is 71.4 Å². The molecule has 0 bridgehead atoms. The number of aliphatic hydroxyl groups excluding tert-OH is 1. The Morgan fingerprint density at radius 3 is 2.40 bits per heavy atom. The van der Waals surface area contributed by atoms with E-state index >= 15 is 0 Å². The summed E-state index contributed by atoms with van der Waals surface area (Å²) in [5.74, 6) is -0.609. The summed E-state index contributed by atoms with van der Waals surface area (Å²) in [7, 11) is -5.55. The summed E-state index contributed by atoms with van der Waals surface area (Å²) in [5, 5.41) is 8.89. The van der Waals surface area contributed by atoms with Gasteiger partial charge in [-0.05, 0) is 30.0 Å². The second-order valence-corrected chi connectivity index (χ2v) is 6.33. The molecule has 0 saturated carbocycles. The van der Waals surface area contributed by atoms with Gasteiger partial charge in [0.05, 0.1) is 4.90 Å². The fraction of sp³-hybridized carbons (Fsp3) is 0.417. The molecule has 0 unspecified atom stereocenters. The van der Waals surface area contributed by atoms with E-state index in [0.717, 1.165) is 6.07 Å². The Hall–Kier alpha value is -1.41. The van der Waals surface area contributed by atoms with Crippen LogP contribution in [-0.2, 0) is 22.7 Å². The first-order valence-corrected chi connectivity index (χ1v) is 7.28. The third-order valence-electron chi connectivity index (χ3n) is 3.23. The van der Waals surface area contributed by atoms with Crippen molar-refractivity contribution in [3.63, 3.8) is 0 Å². The number of carbonyl (C=O) groups excluding carboxylic acids is 1. The van der Waals surface area contributed by atoms with Crippen LogP contribution >= 0.6 is 0 Å². The van der Waals surface area contributed by atoms with E-state index in [-0.39, 0.29) is 31.4 Å². The lowest BCUT2D eigenvalue weighted by molar-refractivity contribution is -0.0436. The SMILES string of the molecule is O=C1CCc2c(CCO)ccc(S(=O)(=O)C(F)(F)F)c21. The summed E-state index contributed by atoms with van der Waals surface area (Å²) in [6.45, 7) is -0.230. The van der Waals surface area contributed by atoms with Crippen molar-refractivity contribution in [2.45, 2.75) is 29.7 Å². The maximum absolute atomic E-state index is 12.6. The lowest BCUT2D eigenvalue weighted by Gasteiger charge is -2.13. The zero-order chi connectivity index (χ0) is 15.1. The van der Waals surface area contributed by atoms with Crippen molar-refractivity contribution < 1.29 is 31.5 Å². The monoisotopic (exact) mass is 308 g/mol. The number of hydrogen-bond donors (Lipinski definition) is 1. The summed E-state index contributed by atoms with van der Waals surface area (Å²) in [5.41, 5.74) is -5.00. The molecule has 0 atom stereocenters. The van der Waals surface area contributed by atoms with Crippen molar-refractivity contribution in [2.75, 3.05) is 6.61 Å². The van der Waals surface area contributed by atoms with E-state index in [1.165, 1.54) is 6.07 Å². The summed E-state index contributed by atoms with van der Waals surface area (Å²) in [4.78, 5) is 10.7. The third-order valence-corrected chi connectivity index (χ3v) is 4.76. The van der Waals surface area contributed by atoms with Gasteiger partial charge >= 0.3 is 5.51 Å². The molecule has 0 radical (unpaired) electrons. The molecular formula is C12H11F3O4S. The standard InChI is InChI=1S/C12H11F3O4S/c13-12(14,15)20(18,19)10-4-1-7(5-6-16)8-2-3-9(17)11(8)10/h1,4,16H,2-3,5-6H2. The second kappa shape index (κ2) is 4.85. The van der Waals surface area contributed by atoms with Crippen LogP contribution in [0.2, 0.25) is 0 Å². The van der Waals surface area contributed by atoms with Gasteiger partial charge < -0.3 is 5.11 Å². The molecule has 4 nitrogen and oxygen atoms in total. The van der Waals surface area contributed by atoms with Gasteiger partial charge in [-0.2, -0.15) is 13.2 Å². The molecule has 2 rings (SSSR count). The third kappa shape index (κ3) is 2.22. The number of aliphatic hydroxyl groups is 1. The molecule has 1 aromatic carbocycles. The summed E-state index contributed by atoms with van der Waals surface area (Å²) >= 11 is 0. The van der Waals surface area contributed by atoms with E-state index < -0.39 is 26.0 Å². The van der Waals surface area contributed by atoms with Crippen LogP contribution in [0.1, 0.15) is 27.9 Å². The van der Waals surface area contributed by atoms with Gasteiger partial charge in [0.1, 0.15) is 0 Å². The van der Waals surface area contributed by atoms with Crippen molar-refractivity contribution >= 4 is 15.6 Å². The molecule has 0 spiro atoms. The first-order chi connectivity index (χ1) is 9.20. The first-order valence-electron chi connectivity index (χ1n) is 5.80. The molecule has 0 saturated heterocycles. The van der Waals surface area contributed by atoms with Gasteiger partial charge in [0.25, 0.3) is 9.84 Å². The number of Topliss-reactive ketones (excluding diaryl/α,β-unsaturated/α-hetero) is 1. The van der Waals surface area contributed by atoms with Crippen molar-refractivity contribution in [2.24, 2.45) is 0 Å². The molecule has 0 fully saturated rings. The van der Waals surface area contributed by atoms with Crippen LogP contribution in [0.3, 0.4) is 0 Å². The van der Waals surface area contributed by atoms with E-state index in [0.29, 0.717) is 11.1 Å². The number of ketones is 1. The first kappa shape index (κ1) is 15.0. The highest BCUT2D eigenvalue weighted by Gasteiger charge is 2.49. The number of fused-ring (bicyclic) bond motifs is 1. The quantitative estimate of drug-likeness (QED) is 0.921. The van der Waals surface area contributed by atoms with Crippen LogP contribution < -0.4 is 0 Å². The van der Waals surface area contributed by atoms with Crippen LogP contribution in [0.15, 0.2) is 17.0 Å². The smallest absolute Gasteiger partial charge is 0.396 e. The molecule has 1 aliphatic rings. The zero-order valence-electron chi connectivity index (χ0n) is 10.2. The highest BCUT2D eigenvalue weighted by Crippen LogP contribution is 2.37. The minimum Gasteiger partial charge on any atom is -0.396 e. The average molecular weight is 308 g/mol. The predicted molar refractivity (Wildman–Crippen MR) is 63.1 cm³/mol. The van der Waals surface area contributed by atoms with E-state index in [1.807, 2.05) is 0 Å². The van der Waals surface area contributed by atoms with E-state index in [4.69, 9.17) is 5.11 Å². The molecule has 1 N–H and O–H groups in total. The number of hydrogen-bond acceptors (Lipinski definition) is 4. The number of alkyl halides is 3. The molecule has 110 valence electrons. The Balaban J connectivity index is 2.70. The maximum atomic E-state index is 12.6. The van der Waals surface area contributed by atoms with Gasteiger partial charge in [-0.25, -0.2) is 8.42 Å². The average Bonchev–Trinajstić information content (AvgIpc) is 2.71. The normalized spacial score (nSPS) is 15.5. The molecule has 0 amide bonds. The number of carbonyl (C=O) groups is 1. The Kier molecular flexibility index (Phi) is 3.64. The van der Waals surface area contributed by atoms with Gasteiger partial charge in [0, 0.05) is 18.6 Å². The zero-order valence-corrected chi connectivity index (χ0v) is 11.0. The lowest BCUT2D eigenvalue weighted by Crippen LogP contribution is -2.25. The van der Waals surface area contributed by atoms with Crippen LogP contribution in [0.5, 0.6) is 0 Å². The van der Waals surface area contributed by atoms with Gasteiger partial charge in [0.2, 0.25) is 0 Å². The molecule has 20 heavy (non-hydrogen) atoms. The summed E-state index contributed by atoms with van der Waals surface area (Å²) in [6.07, 6.45) is 0.352. The Morgan fingerprint density at radius 1 is 1.20 bits per heavy atom.